The minimum Gasteiger partial charge on any atom is -0.463 e. The fourth-order valence-electron chi connectivity index (χ4n) is 3.27. The third-order valence-corrected chi connectivity index (χ3v) is 6.69. The fraction of sp³-hybridized carbons (Fsp3) is 0.120. The molecule has 0 unspecified atom stereocenters. The second-order valence-electron chi connectivity index (χ2n) is 7.72. The molecule has 0 aliphatic carbocycles. The van der Waals surface area contributed by atoms with E-state index in [4.69, 9.17) is 9.15 Å². The van der Waals surface area contributed by atoms with Crippen LogP contribution >= 0.6 is 0 Å². The van der Waals surface area contributed by atoms with Crippen molar-refractivity contribution in [2.24, 2.45) is 0 Å². The van der Waals surface area contributed by atoms with Crippen LogP contribution in [0.3, 0.4) is 0 Å². The van der Waals surface area contributed by atoms with Gasteiger partial charge in [0.1, 0.15) is 29.5 Å². The second-order valence-corrected chi connectivity index (χ2v) is 9.43. The Kier molecular flexibility index (Phi) is 6.32. The highest BCUT2D eigenvalue weighted by Crippen LogP contribution is 2.24. The Labute approximate surface area is 194 Å². The Hall–Kier alpha value is -3.82. The third kappa shape index (κ3) is 4.90. The predicted molar refractivity (Wildman–Crippen MR) is 124 cm³/mol. The van der Waals surface area contributed by atoms with Crippen molar-refractivity contribution < 1.29 is 26.8 Å². The van der Waals surface area contributed by atoms with Crippen LogP contribution in [0.5, 0.6) is 5.75 Å². The summed E-state index contributed by atoms with van der Waals surface area (Å²) in [6.07, 6.45) is 1.25. The highest BCUT2D eigenvalue weighted by Gasteiger charge is 2.24. The van der Waals surface area contributed by atoms with Crippen LogP contribution in [-0.2, 0) is 14.8 Å². The standard InChI is InChI=1S/C25H20FNO6S/c1-15-3-10-20(11-4-15)34(30,31)27-16(2)25(29)33-19-9-12-21-23(13-19)32-14-22(24(21)28)17-5-7-18(26)8-6-17/h3-14,16,27H,1-2H3/t16-/m0/s1. The maximum absolute atomic E-state index is 13.2. The quantitative estimate of drug-likeness (QED) is 0.327. The minimum absolute atomic E-state index is 0.0298. The summed E-state index contributed by atoms with van der Waals surface area (Å²) >= 11 is 0. The topological polar surface area (TPSA) is 103 Å². The summed E-state index contributed by atoms with van der Waals surface area (Å²) in [6, 6.07) is 14.7. The van der Waals surface area contributed by atoms with E-state index in [0.29, 0.717) is 5.56 Å². The van der Waals surface area contributed by atoms with Gasteiger partial charge in [0.15, 0.2) is 5.43 Å². The zero-order chi connectivity index (χ0) is 24.5. The Morgan fingerprint density at radius 3 is 2.38 bits per heavy atom. The molecule has 3 aromatic carbocycles. The van der Waals surface area contributed by atoms with E-state index in [-0.39, 0.29) is 32.6 Å². The number of benzene rings is 3. The summed E-state index contributed by atoms with van der Waals surface area (Å²) < 4.78 is 51.3. The molecule has 0 radical (unpaired) electrons. The number of aryl methyl sites for hydroxylation is 1. The van der Waals surface area contributed by atoms with Gasteiger partial charge in [0.25, 0.3) is 0 Å². The summed E-state index contributed by atoms with van der Waals surface area (Å²) in [7, 11) is -3.92. The van der Waals surface area contributed by atoms with Crippen LogP contribution in [0, 0.1) is 12.7 Å². The van der Waals surface area contributed by atoms with E-state index >= 15 is 0 Å². The average Bonchev–Trinajstić information content (AvgIpc) is 2.80. The number of hydrogen-bond acceptors (Lipinski definition) is 6. The molecule has 4 aromatic rings. The van der Waals surface area contributed by atoms with Crippen molar-refractivity contribution in [3.05, 3.63) is 94.6 Å². The molecule has 0 saturated heterocycles. The van der Waals surface area contributed by atoms with Crippen LogP contribution in [0.25, 0.3) is 22.1 Å². The first-order chi connectivity index (χ1) is 16.1. The Bertz CT molecular complexity index is 1530. The SMILES string of the molecule is Cc1ccc(S(=O)(=O)N[C@@H](C)C(=O)Oc2ccc3c(=O)c(-c4ccc(F)cc4)coc3c2)cc1. The monoisotopic (exact) mass is 481 g/mol. The van der Waals surface area contributed by atoms with Crippen LogP contribution < -0.4 is 14.9 Å². The molecule has 1 N–H and O–H groups in total. The molecule has 1 atom stereocenters. The first-order valence-corrected chi connectivity index (χ1v) is 11.7. The van der Waals surface area contributed by atoms with E-state index in [0.717, 1.165) is 5.56 Å². The van der Waals surface area contributed by atoms with Gasteiger partial charge in [-0.3, -0.25) is 4.79 Å². The number of ether oxygens (including phenoxy) is 1. The van der Waals surface area contributed by atoms with Gasteiger partial charge in [-0.1, -0.05) is 29.8 Å². The lowest BCUT2D eigenvalue weighted by atomic mass is 10.1. The van der Waals surface area contributed by atoms with Gasteiger partial charge in [0.2, 0.25) is 10.0 Å². The largest absolute Gasteiger partial charge is 0.463 e. The first kappa shape index (κ1) is 23.3. The van der Waals surface area contributed by atoms with E-state index in [1.54, 1.807) is 12.1 Å². The molecule has 0 fully saturated rings. The van der Waals surface area contributed by atoms with E-state index in [1.807, 2.05) is 6.92 Å². The van der Waals surface area contributed by atoms with Crippen molar-refractivity contribution in [3.63, 3.8) is 0 Å². The van der Waals surface area contributed by atoms with Crippen LogP contribution in [0.1, 0.15) is 12.5 Å². The highest BCUT2D eigenvalue weighted by atomic mass is 32.2. The highest BCUT2D eigenvalue weighted by molar-refractivity contribution is 7.89. The van der Waals surface area contributed by atoms with Gasteiger partial charge in [-0.15, -0.1) is 0 Å². The van der Waals surface area contributed by atoms with Crippen molar-refractivity contribution in [1.29, 1.82) is 0 Å². The molecule has 9 heteroatoms. The molecule has 0 bridgehead atoms. The molecular weight excluding hydrogens is 461 g/mol. The van der Waals surface area contributed by atoms with Gasteiger partial charge in [0.05, 0.1) is 15.8 Å². The zero-order valence-corrected chi connectivity index (χ0v) is 19.1. The maximum Gasteiger partial charge on any atom is 0.329 e. The molecule has 0 spiro atoms. The number of carbonyl (C=O) groups is 1. The molecule has 174 valence electrons. The summed E-state index contributed by atoms with van der Waals surface area (Å²) in [5.74, 6) is -1.17. The van der Waals surface area contributed by atoms with Gasteiger partial charge in [-0.05, 0) is 55.8 Å². The zero-order valence-electron chi connectivity index (χ0n) is 18.2. The lowest BCUT2D eigenvalue weighted by molar-refractivity contribution is -0.135. The van der Waals surface area contributed by atoms with Crippen molar-refractivity contribution in [1.82, 2.24) is 4.72 Å². The molecule has 0 amide bonds. The van der Waals surface area contributed by atoms with Crippen molar-refractivity contribution >= 4 is 27.0 Å². The summed E-state index contributed by atoms with van der Waals surface area (Å²) in [5, 5.41) is 0.245. The van der Waals surface area contributed by atoms with Gasteiger partial charge in [-0.25, -0.2) is 17.6 Å². The number of carbonyl (C=O) groups excluding carboxylic acids is 1. The molecule has 7 nitrogen and oxygen atoms in total. The lowest BCUT2D eigenvalue weighted by Crippen LogP contribution is -2.40. The summed E-state index contributed by atoms with van der Waals surface area (Å²) in [5.41, 5.74) is 1.51. The number of sulfonamides is 1. The van der Waals surface area contributed by atoms with Crippen molar-refractivity contribution in [3.8, 4) is 16.9 Å². The smallest absolute Gasteiger partial charge is 0.329 e. The van der Waals surface area contributed by atoms with Crippen molar-refractivity contribution in [2.75, 3.05) is 0 Å². The Morgan fingerprint density at radius 1 is 1.03 bits per heavy atom. The molecule has 34 heavy (non-hydrogen) atoms. The first-order valence-electron chi connectivity index (χ1n) is 10.3. The molecule has 4 rings (SSSR count). The number of fused-ring (bicyclic) bond motifs is 1. The number of nitrogens with one attached hydrogen (secondary N) is 1. The van der Waals surface area contributed by atoms with E-state index in [1.165, 1.54) is 67.8 Å². The molecule has 0 aliphatic heterocycles. The number of hydrogen-bond donors (Lipinski definition) is 1. The third-order valence-electron chi connectivity index (χ3n) is 5.14. The number of rotatable bonds is 6. The fourth-order valence-corrected chi connectivity index (χ4v) is 4.46. The normalized spacial score (nSPS) is 12.4. The number of halogens is 1. The van der Waals surface area contributed by atoms with Gasteiger partial charge in [-0.2, -0.15) is 4.72 Å². The second kappa shape index (κ2) is 9.20. The summed E-state index contributed by atoms with van der Waals surface area (Å²) in [4.78, 5) is 25.3. The maximum atomic E-state index is 13.2. The van der Waals surface area contributed by atoms with Crippen molar-refractivity contribution in [2.45, 2.75) is 24.8 Å². The molecule has 0 saturated carbocycles. The molecule has 0 aliphatic rings. The van der Waals surface area contributed by atoms with Gasteiger partial charge in [0, 0.05) is 6.07 Å². The van der Waals surface area contributed by atoms with E-state index < -0.39 is 27.9 Å². The lowest BCUT2D eigenvalue weighted by Gasteiger charge is -2.14. The molecule has 1 heterocycles. The van der Waals surface area contributed by atoms with Gasteiger partial charge >= 0.3 is 5.97 Å². The van der Waals surface area contributed by atoms with Crippen LogP contribution in [-0.4, -0.2) is 20.4 Å². The average molecular weight is 482 g/mol. The van der Waals surface area contributed by atoms with Gasteiger partial charge < -0.3 is 9.15 Å². The van der Waals surface area contributed by atoms with Crippen LogP contribution in [0.2, 0.25) is 0 Å². The summed E-state index contributed by atoms with van der Waals surface area (Å²) in [6.45, 7) is 3.20. The molecule has 1 aromatic heterocycles. The van der Waals surface area contributed by atoms with E-state index in [9.17, 15) is 22.4 Å². The van der Waals surface area contributed by atoms with Crippen LogP contribution in [0.4, 0.5) is 4.39 Å². The van der Waals surface area contributed by atoms with E-state index in [2.05, 4.69) is 4.72 Å². The Morgan fingerprint density at radius 2 is 1.71 bits per heavy atom. The Balaban J connectivity index is 1.52. The minimum atomic E-state index is -3.92. The van der Waals surface area contributed by atoms with Crippen LogP contribution in [0.15, 0.2) is 87.1 Å². The number of esters is 1. The molecular formula is C25H20FNO6S. The predicted octanol–water partition coefficient (Wildman–Crippen LogP) is 4.18.